The number of carbonyl (C=O) groups excluding carboxylic acids is 1. The fourth-order valence-corrected chi connectivity index (χ4v) is 6.11. The number of aromatic nitrogens is 2. The Bertz CT molecular complexity index is 1210. The van der Waals surface area contributed by atoms with E-state index >= 15 is 0 Å². The molecule has 0 aliphatic carbocycles. The van der Waals surface area contributed by atoms with Gasteiger partial charge in [-0.05, 0) is 23.5 Å². The van der Waals surface area contributed by atoms with Crippen molar-refractivity contribution in [3.63, 3.8) is 0 Å². The molecular weight excluding hydrogens is 474 g/mol. The molecule has 2 heterocycles. The number of hydrogen-bond donors (Lipinski definition) is 0. The first-order valence-electron chi connectivity index (χ1n) is 10.3. The summed E-state index contributed by atoms with van der Waals surface area (Å²) in [5.41, 5.74) is 1.71. The minimum Gasteiger partial charge on any atom is -0.329 e. The molecule has 1 unspecified atom stereocenters. The van der Waals surface area contributed by atoms with E-state index in [9.17, 15) is 21.6 Å². The van der Waals surface area contributed by atoms with Crippen LogP contribution in [0.1, 0.15) is 54.7 Å². The topological polar surface area (TPSA) is 114 Å². The highest BCUT2D eigenvalue weighted by atomic mass is 35.5. The van der Waals surface area contributed by atoms with Gasteiger partial charge in [-0.1, -0.05) is 56.6 Å². The van der Waals surface area contributed by atoms with Gasteiger partial charge in [-0.2, -0.15) is 0 Å². The van der Waals surface area contributed by atoms with Crippen LogP contribution < -0.4 is 0 Å². The van der Waals surface area contributed by atoms with Crippen molar-refractivity contribution in [3.8, 4) is 0 Å². The zero-order valence-electron chi connectivity index (χ0n) is 18.2. The lowest BCUT2D eigenvalue weighted by molar-refractivity contribution is 0.0674. The third-order valence-electron chi connectivity index (χ3n) is 5.49. The lowest BCUT2D eigenvalue weighted by Gasteiger charge is -2.28. The van der Waals surface area contributed by atoms with Crippen molar-refractivity contribution in [3.05, 3.63) is 52.3 Å². The van der Waals surface area contributed by atoms with E-state index in [0.29, 0.717) is 12.3 Å². The van der Waals surface area contributed by atoms with Crippen LogP contribution in [0.5, 0.6) is 0 Å². The van der Waals surface area contributed by atoms with Gasteiger partial charge in [0.2, 0.25) is 15.0 Å². The molecule has 0 saturated carbocycles. The van der Waals surface area contributed by atoms with E-state index in [0.717, 1.165) is 17.3 Å². The van der Waals surface area contributed by atoms with Gasteiger partial charge in [0.25, 0.3) is 5.91 Å². The molecule has 174 valence electrons. The summed E-state index contributed by atoms with van der Waals surface area (Å²) in [5, 5.41) is -0.570. The minimum absolute atomic E-state index is 0.0132. The predicted octanol–water partition coefficient (Wildman–Crippen LogP) is 2.88. The van der Waals surface area contributed by atoms with Gasteiger partial charge in [-0.15, -0.1) is 0 Å². The summed E-state index contributed by atoms with van der Waals surface area (Å²) in [5.74, 6) is -0.679. The Balaban J connectivity index is 2.00. The summed E-state index contributed by atoms with van der Waals surface area (Å²) in [6, 6.07) is 7.17. The molecule has 11 heteroatoms. The van der Waals surface area contributed by atoms with Crippen LogP contribution in [0, 0.1) is 0 Å². The first-order valence-corrected chi connectivity index (χ1v) is 14.1. The maximum atomic E-state index is 13.5. The lowest BCUT2D eigenvalue weighted by atomic mass is 10.0. The van der Waals surface area contributed by atoms with E-state index < -0.39 is 36.8 Å². The van der Waals surface area contributed by atoms with Gasteiger partial charge in [0.05, 0.1) is 28.5 Å². The van der Waals surface area contributed by atoms with Crippen molar-refractivity contribution >= 4 is 37.2 Å². The fraction of sp³-hybridized carbons (Fsp3) is 0.476. The number of rotatable bonds is 7. The molecule has 32 heavy (non-hydrogen) atoms. The number of carbonyl (C=O) groups is 1. The van der Waals surface area contributed by atoms with Crippen LogP contribution in [0.3, 0.4) is 0 Å². The first kappa shape index (κ1) is 24.6. The molecule has 2 aromatic rings. The van der Waals surface area contributed by atoms with E-state index in [1.165, 1.54) is 11.8 Å². The van der Waals surface area contributed by atoms with Crippen LogP contribution in [0.25, 0.3) is 0 Å². The summed E-state index contributed by atoms with van der Waals surface area (Å²) in [6.07, 6.45) is 1.38. The molecule has 1 fully saturated rings. The van der Waals surface area contributed by atoms with Gasteiger partial charge in [-0.25, -0.2) is 26.8 Å². The van der Waals surface area contributed by atoms with Gasteiger partial charge >= 0.3 is 0 Å². The molecule has 0 bridgehead atoms. The van der Waals surface area contributed by atoms with Crippen LogP contribution in [-0.2, 0) is 26.2 Å². The second-order valence-corrected chi connectivity index (χ2v) is 12.9. The third-order valence-corrected chi connectivity index (χ3v) is 9.03. The molecule has 1 aliphatic rings. The van der Waals surface area contributed by atoms with Crippen molar-refractivity contribution in [2.45, 2.75) is 50.9 Å². The smallest absolute Gasteiger partial charge is 0.274 e. The van der Waals surface area contributed by atoms with Gasteiger partial charge in [0.1, 0.15) is 0 Å². The van der Waals surface area contributed by atoms with Crippen molar-refractivity contribution in [1.29, 1.82) is 0 Å². The average Bonchev–Trinajstić information content (AvgIpc) is 3.11. The predicted molar refractivity (Wildman–Crippen MR) is 122 cm³/mol. The highest BCUT2D eigenvalue weighted by Crippen LogP contribution is 2.25. The highest BCUT2D eigenvalue weighted by molar-refractivity contribution is 7.91. The van der Waals surface area contributed by atoms with Crippen molar-refractivity contribution in [1.82, 2.24) is 14.9 Å². The first-order chi connectivity index (χ1) is 14.9. The van der Waals surface area contributed by atoms with Gasteiger partial charge < -0.3 is 4.90 Å². The van der Waals surface area contributed by atoms with Crippen LogP contribution >= 0.6 is 11.6 Å². The SMILES string of the molecule is CCS(=O)(=O)c1ncc(Cl)c(C(=O)N(Cc2ccc(C(C)C)cc2)C2CCS(=O)(=O)C2)n1. The maximum Gasteiger partial charge on any atom is 0.274 e. The standard InChI is InChI=1S/C21H26ClN3O5S2/c1-4-32(29,30)21-23-11-18(22)19(24-21)20(26)25(17-9-10-31(27,28)13-17)12-15-5-7-16(8-6-15)14(2)3/h5-8,11,14,17H,4,9-10,12-13H2,1-3H3. The number of sulfone groups is 2. The summed E-state index contributed by atoms with van der Waals surface area (Å²) < 4.78 is 48.6. The number of halogens is 1. The Labute approximate surface area is 193 Å². The quantitative estimate of drug-likeness (QED) is 0.538. The normalized spacial score (nSPS) is 18.1. The van der Waals surface area contributed by atoms with E-state index in [1.807, 2.05) is 24.3 Å². The van der Waals surface area contributed by atoms with Gasteiger partial charge in [0, 0.05) is 12.6 Å². The molecule has 8 nitrogen and oxygen atoms in total. The largest absolute Gasteiger partial charge is 0.329 e. The van der Waals surface area contributed by atoms with E-state index in [-0.39, 0.29) is 34.5 Å². The Morgan fingerprint density at radius 1 is 1.25 bits per heavy atom. The monoisotopic (exact) mass is 499 g/mol. The van der Waals surface area contributed by atoms with Crippen LogP contribution in [-0.4, -0.2) is 60.9 Å². The van der Waals surface area contributed by atoms with E-state index in [4.69, 9.17) is 11.6 Å². The Kier molecular flexibility index (Phi) is 7.26. The molecule has 1 aromatic heterocycles. The van der Waals surface area contributed by atoms with Gasteiger partial charge in [0.15, 0.2) is 15.5 Å². The van der Waals surface area contributed by atoms with Crippen molar-refractivity contribution in [2.75, 3.05) is 17.3 Å². The fourth-order valence-electron chi connectivity index (χ4n) is 3.51. The third kappa shape index (κ3) is 5.47. The van der Waals surface area contributed by atoms with E-state index in [1.54, 1.807) is 0 Å². The Morgan fingerprint density at radius 2 is 1.91 bits per heavy atom. The maximum absolute atomic E-state index is 13.5. The zero-order chi connectivity index (χ0) is 23.7. The molecule has 0 radical (unpaired) electrons. The number of benzene rings is 1. The summed E-state index contributed by atoms with van der Waals surface area (Å²) in [6.45, 7) is 5.75. The molecule has 1 saturated heterocycles. The molecular formula is C21H26ClN3O5S2. The highest BCUT2D eigenvalue weighted by Gasteiger charge is 2.36. The van der Waals surface area contributed by atoms with Crippen LogP contribution in [0.4, 0.5) is 0 Å². The molecule has 0 spiro atoms. The molecule has 1 aliphatic heterocycles. The molecule has 3 rings (SSSR count). The second-order valence-electron chi connectivity index (χ2n) is 8.14. The average molecular weight is 500 g/mol. The summed E-state index contributed by atoms with van der Waals surface area (Å²) in [4.78, 5) is 22.6. The second kappa shape index (κ2) is 9.44. The number of amides is 1. The summed E-state index contributed by atoms with van der Waals surface area (Å²) in [7, 11) is -7.02. The number of nitrogens with zero attached hydrogens (tertiary/aromatic N) is 3. The Hall–Kier alpha value is -2.04. The number of hydrogen-bond acceptors (Lipinski definition) is 7. The molecule has 1 aromatic carbocycles. The van der Waals surface area contributed by atoms with E-state index in [2.05, 4.69) is 23.8 Å². The lowest BCUT2D eigenvalue weighted by Crippen LogP contribution is -2.41. The Morgan fingerprint density at radius 3 is 2.44 bits per heavy atom. The molecule has 0 N–H and O–H groups in total. The van der Waals surface area contributed by atoms with Crippen molar-refractivity contribution in [2.24, 2.45) is 0 Å². The van der Waals surface area contributed by atoms with Crippen LogP contribution in [0.2, 0.25) is 5.02 Å². The van der Waals surface area contributed by atoms with Crippen molar-refractivity contribution < 1.29 is 21.6 Å². The summed E-state index contributed by atoms with van der Waals surface area (Å²) >= 11 is 6.16. The molecule has 1 amide bonds. The van der Waals surface area contributed by atoms with Gasteiger partial charge in [-0.3, -0.25) is 4.79 Å². The van der Waals surface area contributed by atoms with Crippen LogP contribution in [0.15, 0.2) is 35.6 Å². The minimum atomic E-state index is -3.75. The zero-order valence-corrected chi connectivity index (χ0v) is 20.5. The molecule has 1 atom stereocenters.